The van der Waals surface area contributed by atoms with Gasteiger partial charge in [-0.1, -0.05) is 59.4 Å². The molecule has 1 amide bonds. The van der Waals surface area contributed by atoms with Crippen LogP contribution in [0.15, 0.2) is 60.8 Å². The molecule has 0 saturated carbocycles. The summed E-state index contributed by atoms with van der Waals surface area (Å²) in [6, 6.07) is 18.4. The molecule has 2 atom stereocenters. The maximum Gasteiger partial charge on any atom is 0.257 e. The molecule has 2 heterocycles. The van der Waals surface area contributed by atoms with E-state index in [9.17, 15) is 4.79 Å². The topological polar surface area (TPSA) is 46.4 Å². The molecule has 138 valence electrons. The Kier molecular flexibility index (Phi) is 5.32. The third-order valence-corrected chi connectivity index (χ3v) is 6.08. The molecule has 1 saturated heterocycles. The number of carbonyl (C=O) groups is 1. The van der Waals surface area contributed by atoms with Crippen molar-refractivity contribution in [3.8, 4) is 0 Å². The summed E-state index contributed by atoms with van der Waals surface area (Å²) >= 11 is 1.58. The van der Waals surface area contributed by atoms with Gasteiger partial charge in [0.15, 0.2) is 5.13 Å². The quantitative estimate of drug-likeness (QED) is 0.716. The molecule has 4 nitrogen and oxygen atoms in total. The first-order chi connectivity index (χ1) is 13.2. The van der Waals surface area contributed by atoms with E-state index >= 15 is 0 Å². The molecule has 5 heteroatoms. The maximum atomic E-state index is 12.3. The summed E-state index contributed by atoms with van der Waals surface area (Å²) in [5, 5.41) is 3.59. The minimum Gasteiger partial charge on any atom is -0.330 e. The van der Waals surface area contributed by atoms with Gasteiger partial charge in [0.25, 0.3) is 5.91 Å². The number of aromatic nitrogens is 1. The van der Waals surface area contributed by atoms with Gasteiger partial charge in [0, 0.05) is 24.1 Å². The van der Waals surface area contributed by atoms with Gasteiger partial charge in [0.05, 0.1) is 18.0 Å². The van der Waals surface area contributed by atoms with Gasteiger partial charge in [0.2, 0.25) is 0 Å². The molecule has 0 bridgehead atoms. The van der Waals surface area contributed by atoms with Gasteiger partial charge >= 0.3 is 0 Å². The van der Waals surface area contributed by atoms with Crippen molar-refractivity contribution in [3.63, 3.8) is 0 Å². The Bertz CT molecular complexity index is 905. The van der Waals surface area contributed by atoms with Crippen molar-refractivity contribution in [2.45, 2.75) is 25.8 Å². The number of thiazole rings is 1. The zero-order valence-corrected chi connectivity index (χ0v) is 16.3. The Labute approximate surface area is 163 Å². The van der Waals surface area contributed by atoms with E-state index < -0.39 is 0 Å². The summed E-state index contributed by atoms with van der Waals surface area (Å²) in [6.45, 7) is 5.33. The fourth-order valence-electron chi connectivity index (χ4n) is 3.67. The lowest BCUT2D eigenvalue weighted by Gasteiger charge is -2.12. The Morgan fingerprint density at radius 1 is 1.19 bits per heavy atom. The van der Waals surface area contributed by atoms with Crippen LogP contribution < -0.4 is 10.2 Å². The van der Waals surface area contributed by atoms with Crippen molar-refractivity contribution < 1.29 is 9.69 Å². The highest BCUT2D eigenvalue weighted by Gasteiger charge is 2.27. The fraction of sp³-hybridized carbons (Fsp3) is 0.273. The van der Waals surface area contributed by atoms with Crippen LogP contribution >= 0.6 is 11.3 Å². The number of anilines is 1. The van der Waals surface area contributed by atoms with Gasteiger partial charge in [-0.2, -0.15) is 0 Å². The van der Waals surface area contributed by atoms with E-state index in [0.29, 0.717) is 16.6 Å². The molecular formula is C22H24N3OS+. The SMILES string of the molecule is Cc1ccc(C(=O)Nc2ncc(C[NH+]3CC[C@H](c4ccccc4)C3)s2)cc1. The second-order valence-corrected chi connectivity index (χ2v) is 8.34. The highest BCUT2D eigenvalue weighted by atomic mass is 32.1. The Morgan fingerprint density at radius 3 is 2.74 bits per heavy atom. The monoisotopic (exact) mass is 378 g/mol. The highest BCUT2D eigenvalue weighted by molar-refractivity contribution is 7.15. The lowest BCUT2D eigenvalue weighted by atomic mass is 9.99. The number of quaternary nitrogens is 1. The minimum atomic E-state index is -0.103. The van der Waals surface area contributed by atoms with E-state index in [-0.39, 0.29) is 5.91 Å². The molecule has 1 aliphatic heterocycles. The number of aryl methyl sites for hydroxylation is 1. The average Bonchev–Trinajstić information content (AvgIpc) is 3.33. The lowest BCUT2D eigenvalue weighted by Crippen LogP contribution is -3.08. The largest absolute Gasteiger partial charge is 0.330 e. The number of rotatable bonds is 5. The summed E-state index contributed by atoms with van der Waals surface area (Å²) in [4.78, 5) is 19.5. The number of hydrogen-bond acceptors (Lipinski definition) is 3. The Balaban J connectivity index is 1.33. The van der Waals surface area contributed by atoms with Crippen molar-refractivity contribution in [2.24, 2.45) is 0 Å². The van der Waals surface area contributed by atoms with Crippen molar-refractivity contribution in [1.29, 1.82) is 0 Å². The van der Waals surface area contributed by atoms with Gasteiger partial charge in [-0.05, 0) is 24.6 Å². The molecule has 0 radical (unpaired) electrons. The highest BCUT2D eigenvalue weighted by Crippen LogP contribution is 2.22. The van der Waals surface area contributed by atoms with Gasteiger partial charge in [0.1, 0.15) is 6.54 Å². The third kappa shape index (κ3) is 4.43. The van der Waals surface area contributed by atoms with E-state index in [2.05, 4.69) is 40.6 Å². The predicted molar refractivity (Wildman–Crippen MR) is 109 cm³/mol. The van der Waals surface area contributed by atoms with E-state index in [0.717, 1.165) is 18.7 Å². The first-order valence-electron chi connectivity index (χ1n) is 9.38. The van der Waals surface area contributed by atoms with Crippen LogP contribution in [0.1, 0.15) is 38.7 Å². The van der Waals surface area contributed by atoms with Crippen molar-refractivity contribution >= 4 is 22.4 Å². The zero-order chi connectivity index (χ0) is 18.6. The van der Waals surface area contributed by atoms with Gasteiger partial charge in [-0.15, -0.1) is 0 Å². The van der Waals surface area contributed by atoms with Crippen LogP contribution in [0.25, 0.3) is 0 Å². The van der Waals surface area contributed by atoms with Gasteiger partial charge in [-0.25, -0.2) is 4.98 Å². The molecule has 3 aromatic rings. The van der Waals surface area contributed by atoms with E-state index in [1.54, 1.807) is 16.2 Å². The standard InChI is InChI=1S/C22H23N3OS/c1-16-7-9-18(10-8-16)21(26)24-22-23-13-20(27-22)15-25-12-11-19(14-25)17-5-3-2-4-6-17/h2-10,13,19H,11-12,14-15H2,1H3,(H,23,24,26)/p+1/t19-/m0/s1. The molecular weight excluding hydrogens is 354 g/mol. The molecule has 2 aromatic carbocycles. The number of hydrogen-bond donors (Lipinski definition) is 2. The second kappa shape index (κ2) is 8.03. The van der Waals surface area contributed by atoms with Gasteiger partial charge < -0.3 is 4.90 Å². The van der Waals surface area contributed by atoms with Crippen molar-refractivity contribution in [1.82, 2.24) is 4.98 Å². The normalized spacial score (nSPS) is 19.1. The van der Waals surface area contributed by atoms with Crippen LogP contribution in [0.5, 0.6) is 0 Å². The summed E-state index contributed by atoms with van der Waals surface area (Å²) in [5.41, 5.74) is 3.25. The van der Waals surface area contributed by atoms with Crippen LogP contribution in [0.2, 0.25) is 0 Å². The predicted octanol–water partition coefficient (Wildman–Crippen LogP) is 3.28. The molecule has 1 fully saturated rings. The number of nitrogens with one attached hydrogen (secondary N) is 2. The molecule has 0 spiro atoms. The second-order valence-electron chi connectivity index (χ2n) is 7.23. The first kappa shape index (κ1) is 17.9. The number of likely N-dealkylation sites (tertiary alicyclic amines) is 1. The van der Waals surface area contributed by atoms with Crippen LogP contribution in [0.3, 0.4) is 0 Å². The van der Waals surface area contributed by atoms with Crippen molar-refractivity contribution in [2.75, 3.05) is 18.4 Å². The molecule has 0 aliphatic carbocycles. The van der Waals surface area contributed by atoms with Crippen LogP contribution in [-0.4, -0.2) is 24.0 Å². The fourth-order valence-corrected chi connectivity index (χ4v) is 4.55. The van der Waals surface area contributed by atoms with Gasteiger partial charge in [-0.3, -0.25) is 10.1 Å². The van der Waals surface area contributed by atoms with E-state index in [1.165, 1.54) is 23.4 Å². The smallest absolute Gasteiger partial charge is 0.257 e. The van der Waals surface area contributed by atoms with E-state index in [1.807, 2.05) is 37.4 Å². The zero-order valence-electron chi connectivity index (χ0n) is 15.4. The van der Waals surface area contributed by atoms with Crippen LogP contribution in [0.4, 0.5) is 5.13 Å². The maximum absolute atomic E-state index is 12.3. The molecule has 1 aromatic heterocycles. The molecule has 4 rings (SSSR count). The minimum absolute atomic E-state index is 0.103. The number of benzene rings is 2. The molecule has 27 heavy (non-hydrogen) atoms. The number of amides is 1. The third-order valence-electron chi connectivity index (χ3n) is 5.16. The number of carbonyl (C=O) groups excluding carboxylic acids is 1. The molecule has 1 aliphatic rings. The van der Waals surface area contributed by atoms with E-state index in [4.69, 9.17) is 0 Å². The Morgan fingerprint density at radius 2 is 1.96 bits per heavy atom. The molecule has 2 N–H and O–H groups in total. The lowest BCUT2D eigenvalue weighted by molar-refractivity contribution is -0.901. The first-order valence-corrected chi connectivity index (χ1v) is 10.2. The summed E-state index contributed by atoms with van der Waals surface area (Å²) in [5.74, 6) is 0.545. The van der Waals surface area contributed by atoms with Crippen LogP contribution in [-0.2, 0) is 6.54 Å². The van der Waals surface area contributed by atoms with Crippen LogP contribution in [0, 0.1) is 6.92 Å². The van der Waals surface area contributed by atoms with Crippen molar-refractivity contribution in [3.05, 3.63) is 82.4 Å². The summed E-state index contributed by atoms with van der Waals surface area (Å²) in [6.07, 6.45) is 3.13. The summed E-state index contributed by atoms with van der Waals surface area (Å²) in [7, 11) is 0. The summed E-state index contributed by atoms with van der Waals surface area (Å²) < 4.78 is 0. The average molecular weight is 379 g/mol. The molecule has 1 unspecified atom stereocenters. The number of nitrogens with zero attached hydrogens (tertiary/aromatic N) is 1. The Hall–Kier alpha value is -2.50.